The van der Waals surface area contributed by atoms with Gasteiger partial charge in [0.05, 0.1) is 18.2 Å². The van der Waals surface area contributed by atoms with Gasteiger partial charge in [-0.25, -0.2) is 4.39 Å². The minimum Gasteiger partial charge on any atom is -0.489 e. The van der Waals surface area contributed by atoms with Crippen LogP contribution < -0.4 is 10.1 Å². The molecule has 2 aromatic rings. The van der Waals surface area contributed by atoms with E-state index in [9.17, 15) is 9.18 Å². The highest BCUT2D eigenvalue weighted by Crippen LogP contribution is 2.58. The molecule has 1 amide bonds. The van der Waals surface area contributed by atoms with Crippen LogP contribution in [-0.2, 0) is 4.79 Å². The monoisotopic (exact) mass is 288 g/mol. The Bertz CT molecular complexity index is 701. The third-order valence-corrected chi connectivity index (χ3v) is 4.09. The van der Waals surface area contributed by atoms with Crippen molar-refractivity contribution in [3.8, 4) is 5.75 Å². The van der Waals surface area contributed by atoms with E-state index in [1.165, 1.54) is 18.3 Å². The third kappa shape index (κ3) is 1.90. The van der Waals surface area contributed by atoms with Crippen molar-refractivity contribution in [1.29, 1.82) is 0 Å². The van der Waals surface area contributed by atoms with Crippen LogP contribution in [0.3, 0.4) is 0 Å². The van der Waals surface area contributed by atoms with Crippen molar-refractivity contribution in [3.63, 3.8) is 0 Å². The number of ether oxygens (including phenoxy) is 1. The van der Waals surface area contributed by atoms with Crippen molar-refractivity contribution in [2.45, 2.75) is 25.0 Å². The number of rotatable bonds is 3. The van der Waals surface area contributed by atoms with Crippen LogP contribution in [0.4, 0.5) is 4.39 Å². The van der Waals surface area contributed by atoms with Gasteiger partial charge in [0.15, 0.2) is 5.76 Å². The Morgan fingerprint density at radius 1 is 1.43 bits per heavy atom. The Morgan fingerprint density at radius 2 is 2.29 bits per heavy atom. The summed E-state index contributed by atoms with van der Waals surface area (Å²) in [4.78, 5) is 12.3. The van der Waals surface area contributed by atoms with Gasteiger partial charge in [-0.3, -0.25) is 4.79 Å². The quantitative estimate of drug-likeness (QED) is 0.940. The first-order chi connectivity index (χ1) is 10.1. The predicted octanol–water partition coefficient (Wildman–Crippen LogP) is 2.17. The van der Waals surface area contributed by atoms with Gasteiger partial charge in [-0.1, -0.05) is 5.16 Å². The van der Waals surface area contributed by atoms with Gasteiger partial charge in [0.2, 0.25) is 5.91 Å². The van der Waals surface area contributed by atoms with Gasteiger partial charge in [-0.15, -0.1) is 0 Å². The molecule has 4 rings (SSSR count). The van der Waals surface area contributed by atoms with Crippen molar-refractivity contribution >= 4 is 5.91 Å². The van der Waals surface area contributed by atoms with E-state index in [1.807, 2.05) is 6.92 Å². The SMILES string of the molecule is CC(NC(=O)C1C2Oc3ccc(F)cc3C21)c1ccno1. The molecule has 1 aromatic heterocycles. The van der Waals surface area contributed by atoms with E-state index in [-0.39, 0.29) is 35.7 Å². The highest BCUT2D eigenvalue weighted by molar-refractivity contribution is 5.85. The second kappa shape index (κ2) is 4.31. The van der Waals surface area contributed by atoms with Gasteiger partial charge in [-0.2, -0.15) is 0 Å². The van der Waals surface area contributed by atoms with Gasteiger partial charge in [0, 0.05) is 17.5 Å². The number of nitrogens with one attached hydrogen (secondary N) is 1. The molecule has 6 heteroatoms. The second-order valence-electron chi connectivity index (χ2n) is 5.46. The van der Waals surface area contributed by atoms with E-state index < -0.39 is 0 Å². The molecule has 4 atom stereocenters. The van der Waals surface area contributed by atoms with Crippen LogP contribution in [-0.4, -0.2) is 17.2 Å². The number of amides is 1. The van der Waals surface area contributed by atoms with Crippen LogP contribution in [0.2, 0.25) is 0 Å². The molecule has 0 spiro atoms. The molecule has 5 nitrogen and oxygen atoms in total. The lowest BCUT2D eigenvalue weighted by atomic mass is 10.1. The molecule has 2 heterocycles. The number of hydrogen-bond donors (Lipinski definition) is 1. The van der Waals surface area contributed by atoms with Crippen molar-refractivity contribution in [2.75, 3.05) is 0 Å². The first-order valence-electron chi connectivity index (χ1n) is 6.82. The number of hydrogen-bond acceptors (Lipinski definition) is 4. The Hall–Kier alpha value is -2.37. The standard InChI is InChI=1S/C15H13FN2O3/c1-7(10-4-5-17-21-10)18-15(19)13-12-9-6-8(16)2-3-11(9)20-14(12)13/h2-7,12-14H,1H3,(H,18,19). The van der Waals surface area contributed by atoms with E-state index in [1.54, 1.807) is 12.1 Å². The minimum absolute atomic E-state index is 0.0439. The number of aromatic nitrogens is 1. The number of halogens is 1. The fourth-order valence-corrected chi connectivity index (χ4v) is 2.98. The summed E-state index contributed by atoms with van der Waals surface area (Å²) in [5.74, 6) is 0.561. The maximum absolute atomic E-state index is 13.3. The summed E-state index contributed by atoms with van der Waals surface area (Å²) in [5.41, 5.74) is 0.785. The van der Waals surface area contributed by atoms with Gasteiger partial charge >= 0.3 is 0 Å². The number of carbonyl (C=O) groups is 1. The predicted molar refractivity (Wildman–Crippen MR) is 70.1 cm³/mol. The van der Waals surface area contributed by atoms with Crippen molar-refractivity contribution in [3.05, 3.63) is 47.6 Å². The lowest BCUT2D eigenvalue weighted by molar-refractivity contribution is -0.123. The summed E-state index contributed by atoms with van der Waals surface area (Å²) in [5, 5.41) is 6.49. The van der Waals surface area contributed by atoms with Crippen molar-refractivity contribution < 1.29 is 18.4 Å². The zero-order valence-electron chi connectivity index (χ0n) is 11.2. The third-order valence-electron chi connectivity index (χ3n) is 4.09. The Balaban J connectivity index is 1.47. The van der Waals surface area contributed by atoms with Crippen molar-refractivity contribution in [1.82, 2.24) is 10.5 Å². The molecular formula is C15H13FN2O3. The molecule has 108 valence electrons. The fraction of sp³-hybridized carbons (Fsp3) is 0.333. The van der Waals surface area contributed by atoms with E-state index >= 15 is 0 Å². The molecule has 21 heavy (non-hydrogen) atoms. The topological polar surface area (TPSA) is 64.4 Å². The van der Waals surface area contributed by atoms with Crippen LogP contribution in [0.25, 0.3) is 0 Å². The molecule has 1 aromatic carbocycles. The largest absolute Gasteiger partial charge is 0.489 e. The molecule has 0 saturated heterocycles. The Labute approximate surface area is 120 Å². The zero-order valence-corrected chi connectivity index (χ0v) is 11.2. The summed E-state index contributed by atoms with van der Waals surface area (Å²) in [6, 6.07) is 5.88. The Kier molecular flexibility index (Phi) is 2.54. The van der Waals surface area contributed by atoms with Crippen molar-refractivity contribution in [2.24, 2.45) is 5.92 Å². The highest BCUT2D eigenvalue weighted by Gasteiger charge is 2.62. The number of nitrogens with zero attached hydrogens (tertiary/aromatic N) is 1. The van der Waals surface area contributed by atoms with Crippen LogP contribution in [0.1, 0.15) is 30.2 Å². The first kappa shape index (κ1) is 12.4. The molecule has 1 saturated carbocycles. The van der Waals surface area contributed by atoms with E-state index in [0.717, 1.165) is 5.56 Å². The zero-order chi connectivity index (χ0) is 14.6. The summed E-state index contributed by atoms with van der Waals surface area (Å²) in [6.07, 6.45) is 1.36. The maximum atomic E-state index is 13.3. The summed E-state index contributed by atoms with van der Waals surface area (Å²) in [6.45, 7) is 1.82. The molecule has 1 aliphatic heterocycles. The molecule has 1 fully saturated rings. The minimum atomic E-state index is -0.306. The number of carbonyl (C=O) groups excluding carboxylic acids is 1. The van der Waals surface area contributed by atoms with Gasteiger partial charge in [-0.05, 0) is 25.1 Å². The molecule has 4 unspecified atom stereocenters. The molecule has 2 aliphatic rings. The van der Waals surface area contributed by atoms with Crippen LogP contribution in [0, 0.1) is 11.7 Å². The fourth-order valence-electron chi connectivity index (χ4n) is 2.98. The first-order valence-corrected chi connectivity index (χ1v) is 6.82. The van der Waals surface area contributed by atoms with E-state index in [4.69, 9.17) is 9.26 Å². The van der Waals surface area contributed by atoms with Gasteiger partial charge < -0.3 is 14.6 Å². The maximum Gasteiger partial charge on any atom is 0.228 e. The number of benzene rings is 1. The normalized spacial score (nSPS) is 26.5. The average molecular weight is 288 g/mol. The number of fused-ring (bicyclic) bond motifs is 3. The Morgan fingerprint density at radius 3 is 3.05 bits per heavy atom. The lowest BCUT2D eigenvalue weighted by Gasteiger charge is -2.12. The van der Waals surface area contributed by atoms with E-state index in [0.29, 0.717) is 11.5 Å². The summed E-state index contributed by atoms with van der Waals surface area (Å²) in [7, 11) is 0. The highest BCUT2D eigenvalue weighted by atomic mass is 19.1. The summed E-state index contributed by atoms with van der Waals surface area (Å²) >= 11 is 0. The molecule has 0 radical (unpaired) electrons. The van der Waals surface area contributed by atoms with Crippen LogP contribution in [0.5, 0.6) is 5.75 Å². The smallest absolute Gasteiger partial charge is 0.228 e. The van der Waals surface area contributed by atoms with Crippen LogP contribution >= 0.6 is 0 Å². The molecule has 1 aliphatic carbocycles. The molecule has 1 N–H and O–H groups in total. The molecule has 0 bridgehead atoms. The van der Waals surface area contributed by atoms with Gasteiger partial charge in [0.1, 0.15) is 17.7 Å². The second-order valence-corrected chi connectivity index (χ2v) is 5.46. The molecular weight excluding hydrogens is 275 g/mol. The lowest BCUT2D eigenvalue weighted by Crippen LogP contribution is -2.30. The average Bonchev–Trinajstić information content (AvgIpc) is 2.84. The van der Waals surface area contributed by atoms with Crippen LogP contribution in [0.15, 0.2) is 35.0 Å². The summed E-state index contributed by atoms with van der Waals surface area (Å²) < 4.78 is 24.0. The van der Waals surface area contributed by atoms with E-state index in [2.05, 4.69) is 10.5 Å². The van der Waals surface area contributed by atoms with Gasteiger partial charge in [0.25, 0.3) is 0 Å².